The van der Waals surface area contributed by atoms with E-state index in [0.29, 0.717) is 12.7 Å². The summed E-state index contributed by atoms with van der Waals surface area (Å²) >= 11 is 0. The van der Waals surface area contributed by atoms with Crippen molar-refractivity contribution >= 4 is 5.78 Å². The molecule has 3 heteroatoms. The van der Waals surface area contributed by atoms with Crippen molar-refractivity contribution in [1.29, 1.82) is 0 Å². The molecule has 0 atom stereocenters. The second-order valence-electron chi connectivity index (χ2n) is 6.00. The Bertz CT molecular complexity index is 274. The van der Waals surface area contributed by atoms with Crippen LogP contribution in [0.1, 0.15) is 96.8 Å². The molecule has 0 amide bonds. The molecule has 3 nitrogen and oxygen atoms in total. The molecule has 0 spiro atoms. The maximum absolute atomic E-state index is 11.3. The first kappa shape index (κ1) is 20.0. The lowest BCUT2D eigenvalue weighted by atomic mass is 10.0. The van der Waals surface area contributed by atoms with Gasteiger partial charge in [0.25, 0.3) is 0 Å². The van der Waals surface area contributed by atoms with Crippen LogP contribution in [0, 0.1) is 0 Å². The second kappa shape index (κ2) is 15.4. The zero-order valence-electron chi connectivity index (χ0n) is 13.9. The standard InChI is InChI=1S/C18H35NO2/c1-2-3-4-5-6-7-8-9-10-11-12-13-14-15-18(21)17(19)16-20/h16,20H,2-15,19H2,1H3. The molecule has 0 aromatic rings. The molecule has 0 aliphatic heterocycles. The van der Waals surface area contributed by atoms with Crippen LogP contribution in [0.4, 0.5) is 0 Å². The monoisotopic (exact) mass is 297 g/mol. The Kier molecular flexibility index (Phi) is 14.7. The average Bonchev–Trinajstić information content (AvgIpc) is 2.50. The molecule has 0 bridgehead atoms. The largest absolute Gasteiger partial charge is 0.513 e. The van der Waals surface area contributed by atoms with Gasteiger partial charge in [-0.1, -0.05) is 84.0 Å². The number of allylic oxidation sites excluding steroid dienone is 1. The van der Waals surface area contributed by atoms with Gasteiger partial charge in [-0.2, -0.15) is 0 Å². The summed E-state index contributed by atoms with van der Waals surface area (Å²) in [6.45, 7) is 2.26. The summed E-state index contributed by atoms with van der Waals surface area (Å²) < 4.78 is 0. The number of Topliss-reactive ketones (excluding diaryl/α,β-unsaturated/α-hetero) is 1. The van der Waals surface area contributed by atoms with Gasteiger partial charge in [0.15, 0.2) is 5.78 Å². The minimum atomic E-state index is -0.138. The third-order valence-electron chi connectivity index (χ3n) is 3.97. The number of rotatable bonds is 15. The van der Waals surface area contributed by atoms with E-state index in [2.05, 4.69) is 6.92 Å². The van der Waals surface area contributed by atoms with E-state index < -0.39 is 0 Å². The first-order valence-electron chi connectivity index (χ1n) is 8.85. The Morgan fingerprint density at radius 3 is 1.57 bits per heavy atom. The van der Waals surface area contributed by atoms with E-state index in [1.807, 2.05) is 0 Å². The third-order valence-corrected chi connectivity index (χ3v) is 3.97. The highest BCUT2D eigenvalue weighted by Crippen LogP contribution is 2.13. The third kappa shape index (κ3) is 13.7. The molecule has 0 aromatic carbocycles. The molecule has 0 aliphatic carbocycles. The van der Waals surface area contributed by atoms with Crippen LogP contribution in [-0.4, -0.2) is 10.9 Å². The van der Waals surface area contributed by atoms with Crippen LogP contribution in [0.2, 0.25) is 0 Å². The fraction of sp³-hybridized carbons (Fsp3) is 0.833. The van der Waals surface area contributed by atoms with Gasteiger partial charge in [-0.15, -0.1) is 0 Å². The molecule has 0 saturated heterocycles. The van der Waals surface area contributed by atoms with E-state index in [0.717, 1.165) is 12.8 Å². The molecule has 0 aliphatic rings. The molecule has 0 heterocycles. The molecule has 0 radical (unpaired) electrons. The molecule has 0 rings (SSSR count). The number of carbonyl (C=O) groups excluding carboxylic acids is 1. The number of aliphatic hydroxyl groups excluding tert-OH is 1. The van der Waals surface area contributed by atoms with Crippen LogP contribution in [0.3, 0.4) is 0 Å². The molecule has 0 saturated carbocycles. The van der Waals surface area contributed by atoms with Crippen LogP contribution in [-0.2, 0) is 4.79 Å². The fourth-order valence-corrected chi connectivity index (χ4v) is 2.52. The zero-order valence-corrected chi connectivity index (χ0v) is 13.9. The highest BCUT2D eigenvalue weighted by Gasteiger charge is 2.04. The van der Waals surface area contributed by atoms with Gasteiger partial charge in [0.1, 0.15) is 12.0 Å². The molecular formula is C18H35NO2. The summed E-state index contributed by atoms with van der Waals surface area (Å²) in [7, 11) is 0. The maximum Gasteiger partial charge on any atom is 0.181 e. The molecule has 0 fully saturated rings. The quantitative estimate of drug-likeness (QED) is 0.242. The summed E-state index contributed by atoms with van der Waals surface area (Å²) in [4.78, 5) is 11.3. The van der Waals surface area contributed by atoms with Gasteiger partial charge in [-0.25, -0.2) is 0 Å². The van der Waals surface area contributed by atoms with Crippen LogP contribution in [0.15, 0.2) is 12.0 Å². The highest BCUT2D eigenvalue weighted by molar-refractivity contribution is 5.93. The molecule has 124 valence electrons. The highest BCUT2D eigenvalue weighted by atomic mass is 16.2. The number of nitrogens with two attached hydrogens (primary N) is 1. The van der Waals surface area contributed by atoms with E-state index in [-0.39, 0.29) is 11.5 Å². The lowest BCUT2D eigenvalue weighted by molar-refractivity contribution is -0.115. The number of carbonyl (C=O) groups is 1. The van der Waals surface area contributed by atoms with E-state index in [1.54, 1.807) is 0 Å². The lowest BCUT2D eigenvalue weighted by Gasteiger charge is -2.03. The van der Waals surface area contributed by atoms with Gasteiger partial charge in [0.05, 0.1) is 0 Å². The van der Waals surface area contributed by atoms with Crippen molar-refractivity contribution in [3.63, 3.8) is 0 Å². The summed E-state index contributed by atoms with van der Waals surface area (Å²) in [5.41, 5.74) is 5.31. The maximum atomic E-state index is 11.3. The molecule has 21 heavy (non-hydrogen) atoms. The average molecular weight is 297 g/mol. The Labute approximate surface area is 131 Å². The van der Waals surface area contributed by atoms with Gasteiger partial charge in [-0.05, 0) is 6.42 Å². The normalized spacial score (nSPS) is 11.8. The summed E-state index contributed by atoms with van der Waals surface area (Å²) in [5.74, 6) is -0.138. The van der Waals surface area contributed by atoms with Crippen molar-refractivity contribution in [3.8, 4) is 0 Å². The molecule has 0 aromatic heterocycles. The van der Waals surface area contributed by atoms with Crippen molar-refractivity contribution in [2.45, 2.75) is 96.8 Å². The van der Waals surface area contributed by atoms with E-state index in [9.17, 15) is 4.79 Å². The minimum absolute atomic E-state index is 0.0195. The van der Waals surface area contributed by atoms with E-state index in [4.69, 9.17) is 10.8 Å². The fourth-order valence-electron chi connectivity index (χ4n) is 2.52. The molecule has 0 unspecified atom stereocenters. The van der Waals surface area contributed by atoms with Gasteiger partial charge < -0.3 is 10.8 Å². The minimum Gasteiger partial charge on any atom is -0.513 e. The van der Waals surface area contributed by atoms with Gasteiger partial charge >= 0.3 is 0 Å². The molecular weight excluding hydrogens is 262 g/mol. The number of ketones is 1. The van der Waals surface area contributed by atoms with Crippen LogP contribution in [0.25, 0.3) is 0 Å². The van der Waals surface area contributed by atoms with Crippen molar-refractivity contribution < 1.29 is 9.90 Å². The van der Waals surface area contributed by atoms with E-state index >= 15 is 0 Å². The molecule has 3 N–H and O–H groups in total. The van der Waals surface area contributed by atoms with Crippen LogP contribution < -0.4 is 5.73 Å². The summed E-state index contributed by atoms with van der Waals surface area (Å²) in [6.07, 6.45) is 18.0. The summed E-state index contributed by atoms with van der Waals surface area (Å²) in [6, 6.07) is 0. The number of hydrogen-bond donors (Lipinski definition) is 2. The van der Waals surface area contributed by atoms with Crippen LogP contribution >= 0.6 is 0 Å². The zero-order chi connectivity index (χ0) is 15.8. The number of aliphatic hydroxyl groups is 1. The van der Waals surface area contributed by atoms with Gasteiger partial charge in [-0.3, -0.25) is 4.79 Å². The second-order valence-corrected chi connectivity index (χ2v) is 6.00. The van der Waals surface area contributed by atoms with E-state index in [1.165, 1.54) is 70.6 Å². The first-order valence-corrected chi connectivity index (χ1v) is 8.85. The topological polar surface area (TPSA) is 63.3 Å². The Morgan fingerprint density at radius 1 is 0.810 bits per heavy atom. The smallest absolute Gasteiger partial charge is 0.181 e. The predicted molar refractivity (Wildman–Crippen MR) is 90.2 cm³/mol. The Balaban J connectivity index is 3.14. The lowest BCUT2D eigenvalue weighted by Crippen LogP contribution is -2.10. The van der Waals surface area contributed by atoms with Crippen molar-refractivity contribution in [2.75, 3.05) is 0 Å². The Morgan fingerprint density at radius 2 is 1.19 bits per heavy atom. The predicted octanol–water partition coefficient (Wildman–Crippen LogP) is 5.39. The Hall–Kier alpha value is -0.990. The van der Waals surface area contributed by atoms with Crippen molar-refractivity contribution in [1.82, 2.24) is 0 Å². The number of unbranched alkanes of at least 4 members (excludes halogenated alkanes) is 12. The van der Waals surface area contributed by atoms with Crippen molar-refractivity contribution in [3.05, 3.63) is 12.0 Å². The first-order chi connectivity index (χ1) is 10.2. The van der Waals surface area contributed by atoms with Crippen molar-refractivity contribution in [2.24, 2.45) is 5.73 Å². The summed E-state index contributed by atoms with van der Waals surface area (Å²) in [5, 5.41) is 8.60. The SMILES string of the molecule is CCCCCCCCCCCCCCCC(=O)C(N)=CO. The van der Waals surface area contributed by atoms with Crippen LogP contribution in [0.5, 0.6) is 0 Å². The number of hydrogen-bond acceptors (Lipinski definition) is 3. The van der Waals surface area contributed by atoms with Gasteiger partial charge in [0, 0.05) is 6.42 Å². The van der Waals surface area contributed by atoms with Gasteiger partial charge in [0.2, 0.25) is 0 Å².